The number of nitrogens with one attached hydrogen (secondary N) is 1. The van der Waals surface area contributed by atoms with Gasteiger partial charge in [0, 0.05) is 24.4 Å². The van der Waals surface area contributed by atoms with Crippen LogP contribution in [0.15, 0.2) is 42.5 Å². The summed E-state index contributed by atoms with van der Waals surface area (Å²) in [5, 5.41) is 13.5. The van der Waals surface area contributed by atoms with Crippen molar-refractivity contribution in [2.24, 2.45) is 0 Å². The van der Waals surface area contributed by atoms with E-state index in [0.29, 0.717) is 18.9 Å². The number of nitro groups is 1. The molecule has 8 nitrogen and oxygen atoms in total. The summed E-state index contributed by atoms with van der Waals surface area (Å²) >= 11 is 0. The maximum atomic E-state index is 12.0. The van der Waals surface area contributed by atoms with Crippen LogP contribution in [0.4, 0.5) is 11.4 Å². The SMILES string of the molecule is CC(C)c1ccc(CCNC(=O)COC(=O)c2cc([N+](=O)[O-])ccc2N)cc1. The van der Waals surface area contributed by atoms with Gasteiger partial charge in [-0.25, -0.2) is 4.79 Å². The Bertz CT molecular complexity index is 863. The third kappa shape index (κ3) is 5.80. The van der Waals surface area contributed by atoms with Gasteiger partial charge in [-0.1, -0.05) is 38.1 Å². The summed E-state index contributed by atoms with van der Waals surface area (Å²) in [6.07, 6.45) is 0.649. The topological polar surface area (TPSA) is 125 Å². The predicted octanol–water partition coefficient (Wildman–Crippen LogP) is 2.82. The van der Waals surface area contributed by atoms with E-state index in [0.717, 1.165) is 11.6 Å². The van der Waals surface area contributed by atoms with E-state index < -0.39 is 23.4 Å². The number of non-ortho nitro benzene ring substituents is 1. The number of amides is 1. The summed E-state index contributed by atoms with van der Waals surface area (Å²) in [7, 11) is 0. The Hall–Kier alpha value is -3.42. The van der Waals surface area contributed by atoms with E-state index in [-0.39, 0.29) is 16.9 Å². The van der Waals surface area contributed by atoms with Crippen LogP contribution in [0, 0.1) is 10.1 Å². The molecule has 0 saturated carbocycles. The van der Waals surface area contributed by atoms with Gasteiger partial charge in [0.1, 0.15) is 0 Å². The summed E-state index contributed by atoms with van der Waals surface area (Å²) in [5.41, 5.74) is 7.60. The second-order valence-corrected chi connectivity index (χ2v) is 6.60. The molecular formula is C20H23N3O5. The summed E-state index contributed by atoms with van der Waals surface area (Å²) in [6.45, 7) is 4.15. The van der Waals surface area contributed by atoms with Gasteiger partial charge in [-0.05, 0) is 29.5 Å². The number of nitrogen functional groups attached to an aromatic ring is 1. The van der Waals surface area contributed by atoms with Crippen LogP contribution < -0.4 is 11.1 Å². The molecule has 0 heterocycles. The number of rotatable bonds is 8. The van der Waals surface area contributed by atoms with Crippen LogP contribution in [0.25, 0.3) is 0 Å². The number of nitrogens with two attached hydrogens (primary N) is 1. The van der Waals surface area contributed by atoms with E-state index in [1.807, 2.05) is 12.1 Å². The molecule has 1 amide bonds. The standard InChI is InChI=1S/C20H23N3O5/c1-13(2)15-5-3-14(4-6-15)9-10-22-19(24)12-28-20(25)17-11-16(23(26)27)7-8-18(17)21/h3-8,11,13H,9-10,12,21H2,1-2H3,(H,22,24). The molecule has 148 valence electrons. The van der Waals surface area contributed by atoms with Crippen LogP contribution in [0.2, 0.25) is 0 Å². The van der Waals surface area contributed by atoms with Gasteiger partial charge in [0.2, 0.25) is 0 Å². The molecule has 2 aromatic carbocycles. The van der Waals surface area contributed by atoms with Gasteiger partial charge in [-0.2, -0.15) is 0 Å². The number of benzene rings is 2. The first-order valence-corrected chi connectivity index (χ1v) is 8.84. The average molecular weight is 385 g/mol. The van der Waals surface area contributed by atoms with Crippen molar-refractivity contribution in [1.29, 1.82) is 0 Å². The molecule has 28 heavy (non-hydrogen) atoms. The highest BCUT2D eigenvalue weighted by molar-refractivity contribution is 5.96. The monoisotopic (exact) mass is 385 g/mol. The van der Waals surface area contributed by atoms with Crippen molar-refractivity contribution in [3.8, 4) is 0 Å². The van der Waals surface area contributed by atoms with Crippen molar-refractivity contribution in [2.45, 2.75) is 26.2 Å². The zero-order valence-electron chi connectivity index (χ0n) is 15.8. The molecule has 8 heteroatoms. The van der Waals surface area contributed by atoms with E-state index >= 15 is 0 Å². The number of esters is 1. The number of carbonyl (C=O) groups excluding carboxylic acids is 2. The molecule has 0 fully saturated rings. The van der Waals surface area contributed by atoms with E-state index in [4.69, 9.17) is 10.5 Å². The molecule has 3 N–H and O–H groups in total. The van der Waals surface area contributed by atoms with Crippen molar-refractivity contribution in [1.82, 2.24) is 5.32 Å². The Balaban J connectivity index is 1.80. The summed E-state index contributed by atoms with van der Waals surface area (Å²) < 4.78 is 4.90. The maximum absolute atomic E-state index is 12.0. The molecule has 0 aliphatic heterocycles. The minimum atomic E-state index is -0.888. The molecule has 0 aromatic heterocycles. The highest BCUT2D eigenvalue weighted by Crippen LogP contribution is 2.20. The minimum absolute atomic E-state index is 0.0425. The van der Waals surface area contributed by atoms with Crippen LogP contribution in [-0.4, -0.2) is 30.0 Å². The molecule has 0 atom stereocenters. The third-order valence-corrected chi connectivity index (χ3v) is 4.18. The molecule has 2 aromatic rings. The first-order valence-electron chi connectivity index (χ1n) is 8.84. The summed E-state index contributed by atoms with van der Waals surface area (Å²) in [6, 6.07) is 11.6. The lowest BCUT2D eigenvalue weighted by Gasteiger charge is -2.09. The van der Waals surface area contributed by atoms with Gasteiger partial charge >= 0.3 is 5.97 Å². The molecule has 0 unspecified atom stereocenters. The highest BCUT2D eigenvalue weighted by atomic mass is 16.6. The number of hydrogen-bond acceptors (Lipinski definition) is 6. The predicted molar refractivity (Wildman–Crippen MR) is 105 cm³/mol. The molecule has 0 saturated heterocycles. The van der Waals surface area contributed by atoms with Crippen LogP contribution in [0.5, 0.6) is 0 Å². The highest BCUT2D eigenvalue weighted by Gasteiger charge is 2.17. The fraction of sp³-hybridized carbons (Fsp3) is 0.300. The van der Waals surface area contributed by atoms with Crippen LogP contribution >= 0.6 is 0 Å². The largest absolute Gasteiger partial charge is 0.452 e. The molecule has 0 aliphatic rings. The van der Waals surface area contributed by atoms with E-state index in [9.17, 15) is 19.7 Å². The molecular weight excluding hydrogens is 362 g/mol. The average Bonchev–Trinajstić information content (AvgIpc) is 2.66. The van der Waals surface area contributed by atoms with Crippen molar-refractivity contribution in [3.63, 3.8) is 0 Å². The number of anilines is 1. The van der Waals surface area contributed by atoms with Gasteiger partial charge in [0.25, 0.3) is 11.6 Å². The Morgan fingerprint density at radius 2 is 1.86 bits per heavy atom. The quantitative estimate of drug-likeness (QED) is 0.312. The van der Waals surface area contributed by atoms with Crippen molar-refractivity contribution in [3.05, 3.63) is 69.3 Å². The van der Waals surface area contributed by atoms with Crippen molar-refractivity contribution < 1.29 is 19.2 Å². The van der Waals surface area contributed by atoms with E-state index in [1.54, 1.807) is 0 Å². The Labute approximate surface area is 162 Å². The smallest absolute Gasteiger partial charge is 0.341 e. The van der Waals surface area contributed by atoms with Gasteiger partial charge in [-0.15, -0.1) is 0 Å². The Morgan fingerprint density at radius 1 is 1.18 bits per heavy atom. The zero-order valence-corrected chi connectivity index (χ0v) is 15.8. The van der Waals surface area contributed by atoms with Gasteiger partial charge < -0.3 is 15.8 Å². The third-order valence-electron chi connectivity index (χ3n) is 4.18. The zero-order chi connectivity index (χ0) is 20.7. The fourth-order valence-corrected chi connectivity index (χ4v) is 2.51. The fourth-order valence-electron chi connectivity index (χ4n) is 2.51. The second kappa shape index (κ2) is 9.50. The van der Waals surface area contributed by atoms with Crippen molar-refractivity contribution in [2.75, 3.05) is 18.9 Å². The lowest BCUT2D eigenvalue weighted by atomic mass is 10.0. The molecule has 0 radical (unpaired) electrons. The minimum Gasteiger partial charge on any atom is -0.452 e. The van der Waals surface area contributed by atoms with Gasteiger partial charge in [0.15, 0.2) is 6.61 Å². The normalized spacial score (nSPS) is 10.5. The Kier molecular flexibility index (Phi) is 7.08. The van der Waals surface area contributed by atoms with Crippen LogP contribution in [0.3, 0.4) is 0 Å². The number of nitro benzene ring substituents is 1. The van der Waals surface area contributed by atoms with Crippen molar-refractivity contribution >= 4 is 23.3 Å². The number of carbonyl (C=O) groups is 2. The van der Waals surface area contributed by atoms with E-state index in [1.165, 1.54) is 17.7 Å². The number of hydrogen-bond donors (Lipinski definition) is 2. The molecule has 0 bridgehead atoms. The Morgan fingerprint density at radius 3 is 2.46 bits per heavy atom. The lowest BCUT2D eigenvalue weighted by Crippen LogP contribution is -2.30. The molecule has 0 spiro atoms. The van der Waals surface area contributed by atoms with Crippen LogP contribution in [-0.2, 0) is 16.0 Å². The summed E-state index contributed by atoms with van der Waals surface area (Å²) in [5.74, 6) is -0.889. The van der Waals surface area contributed by atoms with Gasteiger partial charge in [-0.3, -0.25) is 14.9 Å². The van der Waals surface area contributed by atoms with E-state index in [2.05, 4.69) is 31.3 Å². The summed E-state index contributed by atoms with van der Waals surface area (Å²) in [4.78, 5) is 34.0. The first-order chi connectivity index (χ1) is 13.3. The second-order valence-electron chi connectivity index (χ2n) is 6.60. The molecule has 2 rings (SSSR count). The molecule has 0 aliphatic carbocycles. The lowest BCUT2D eigenvalue weighted by molar-refractivity contribution is -0.384. The first kappa shape index (κ1) is 20.9. The maximum Gasteiger partial charge on any atom is 0.341 e. The van der Waals surface area contributed by atoms with Gasteiger partial charge in [0.05, 0.1) is 10.5 Å². The number of nitrogens with zero attached hydrogens (tertiary/aromatic N) is 1. The van der Waals surface area contributed by atoms with Crippen LogP contribution in [0.1, 0.15) is 41.3 Å². The number of ether oxygens (including phenoxy) is 1.